The van der Waals surface area contributed by atoms with Crippen molar-refractivity contribution in [1.29, 1.82) is 0 Å². The number of likely N-dealkylation sites (tertiary alicyclic amines) is 1. The van der Waals surface area contributed by atoms with Crippen molar-refractivity contribution in [2.75, 3.05) is 26.2 Å². The summed E-state index contributed by atoms with van der Waals surface area (Å²) < 4.78 is 5.42. The zero-order valence-corrected chi connectivity index (χ0v) is 14.0. The summed E-state index contributed by atoms with van der Waals surface area (Å²) in [4.78, 5) is 15.2. The van der Waals surface area contributed by atoms with E-state index in [1.54, 1.807) is 0 Å². The SMILES string of the molecule is CCOC(=O)C1(NC(C)C)CCCC1CCN1CCCC1. The fourth-order valence-electron chi connectivity index (χ4n) is 4.11. The maximum Gasteiger partial charge on any atom is 0.326 e. The zero-order chi connectivity index (χ0) is 15.3. The summed E-state index contributed by atoms with van der Waals surface area (Å²) in [5.74, 6) is 0.391. The van der Waals surface area contributed by atoms with Crippen LogP contribution in [0.4, 0.5) is 0 Å². The fourth-order valence-corrected chi connectivity index (χ4v) is 4.11. The lowest BCUT2D eigenvalue weighted by Crippen LogP contribution is -2.58. The Morgan fingerprint density at radius 2 is 2.05 bits per heavy atom. The quantitative estimate of drug-likeness (QED) is 0.733. The van der Waals surface area contributed by atoms with Gasteiger partial charge in [0.15, 0.2) is 0 Å². The van der Waals surface area contributed by atoms with Gasteiger partial charge in [0.05, 0.1) is 6.61 Å². The summed E-state index contributed by atoms with van der Waals surface area (Å²) in [5.41, 5.74) is -0.441. The Morgan fingerprint density at radius 3 is 2.67 bits per heavy atom. The van der Waals surface area contributed by atoms with Crippen LogP contribution in [0.15, 0.2) is 0 Å². The predicted molar refractivity (Wildman–Crippen MR) is 85.3 cm³/mol. The van der Waals surface area contributed by atoms with Gasteiger partial charge in [-0.05, 0) is 78.4 Å². The van der Waals surface area contributed by atoms with Crippen LogP contribution in [-0.2, 0) is 9.53 Å². The van der Waals surface area contributed by atoms with E-state index < -0.39 is 5.54 Å². The van der Waals surface area contributed by atoms with E-state index in [2.05, 4.69) is 24.1 Å². The van der Waals surface area contributed by atoms with Crippen molar-refractivity contribution in [1.82, 2.24) is 10.2 Å². The Hall–Kier alpha value is -0.610. The van der Waals surface area contributed by atoms with Crippen molar-refractivity contribution in [2.45, 2.75) is 70.9 Å². The molecule has 1 saturated heterocycles. The van der Waals surface area contributed by atoms with Gasteiger partial charge in [0.25, 0.3) is 0 Å². The largest absolute Gasteiger partial charge is 0.465 e. The normalized spacial score (nSPS) is 30.2. The van der Waals surface area contributed by atoms with Crippen LogP contribution in [-0.4, -0.2) is 48.7 Å². The van der Waals surface area contributed by atoms with E-state index in [9.17, 15) is 4.79 Å². The lowest BCUT2D eigenvalue weighted by Gasteiger charge is -2.36. The molecule has 2 aliphatic rings. The molecule has 0 aromatic carbocycles. The van der Waals surface area contributed by atoms with Gasteiger partial charge < -0.3 is 9.64 Å². The average molecular weight is 296 g/mol. The highest BCUT2D eigenvalue weighted by atomic mass is 16.5. The van der Waals surface area contributed by atoms with Crippen LogP contribution in [0.2, 0.25) is 0 Å². The molecule has 2 unspecified atom stereocenters. The number of nitrogens with zero attached hydrogens (tertiary/aromatic N) is 1. The van der Waals surface area contributed by atoms with Crippen LogP contribution in [0.5, 0.6) is 0 Å². The zero-order valence-electron chi connectivity index (χ0n) is 14.0. The molecular formula is C17H32N2O2. The topological polar surface area (TPSA) is 41.6 Å². The molecule has 21 heavy (non-hydrogen) atoms. The second-order valence-electron chi connectivity index (χ2n) is 6.92. The number of ether oxygens (including phenoxy) is 1. The summed E-state index contributed by atoms with van der Waals surface area (Å²) in [7, 11) is 0. The maximum atomic E-state index is 12.6. The summed E-state index contributed by atoms with van der Waals surface area (Å²) in [6.45, 7) is 10.2. The van der Waals surface area contributed by atoms with Gasteiger partial charge in [0.1, 0.15) is 5.54 Å². The van der Waals surface area contributed by atoms with Crippen molar-refractivity contribution >= 4 is 5.97 Å². The van der Waals surface area contributed by atoms with E-state index in [1.165, 1.54) is 25.9 Å². The number of hydrogen-bond acceptors (Lipinski definition) is 4. The van der Waals surface area contributed by atoms with Gasteiger partial charge >= 0.3 is 5.97 Å². The lowest BCUT2D eigenvalue weighted by molar-refractivity contribution is -0.153. The van der Waals surface area contributed by atoms with Crippen molar-refractivity contribution in [3.63, 3.8) is 0 Å². The molecule has 1 heterocycles. The van der Waals surface area contributed by atoms with Gasteiger partial charge in [-0.3, -0.25) is 10.1 Å². The highest BCUT2D eigenvalue weighted by Crippen LogP contribution is 2.39. The van der Waals surface area contributed by atoms with E-state index in [0.717, 1.165) is 32.2 Å². The second-order valence-corrected chi connectivity index (χ2v) is 6.92. The first kappa shape index (κ1) is 16.8. The minimum absolute atomic E-state index is 0.0254. The number of hydrogen-bond donors (Lipinski definition) is 1. The molecule has 0 spiro atoms. The van der Waals surface area contributed by atoms with E-state index in [1.807, 2.05) is 6.92 Å². The van der Waals surface area contributed by atoms with Crippen LogP contribution < -0.4 is 5.32 Å². The van der Waals surface area contributed by atoms with Crippen molar-refractivity contribution in [3.8, 4) is 0 Å². The van der Waals surface area contributed by atoms with Gasteiger partial charge in [-0.15, -0.1) is 0 Å². The third-order valence-corrected chi connectivity index (χ3v) is 5.00. The number of carbonyl (C=O) groups excluding carboxylic acids is 1. The second kappa shape index (κ2) is 7.59. The standard InChI is InChI=1S/C17H32N2O2/c1-4-21-16(20)17(18-14(2)3)10-7-8-15(17)9-13-19-11-5-6-12-19/h14-15,18H,4-13H2,1-3H3. The van der Waals surface area contributed by atoms with E-state index >= 15 is 0 Å². The molecule has 0 aromatic rings. The van der Waals surface area contributed by atoms with Crippen LogP contribution in [0.3, 0.4) is 0 Å². The molecule has 1 N–H and O–H groups in total. The molecule has 122 valence electrons. The molecule has 0 radical (unpaired) electrons. The summed E-state index contributed by atoms with van der Waals surface area (Å²) in [5, 5.41) is 3.57. The highest BCUT2D eigenvalue weighted by molar-refractivity contribution is 5.82. The number of esters is 1. The number of nitrogens with one attached hydrogen (secondary N) is 1. The van der Waals surface area contributed by atoms with E-state index in [-0.39, 0.29) is 5.97 Å². The maximum absolute atomic E-state index is 12.6. The Bertz CT molecular complexity index is 340. The summed E-state index contributed by atoms with van der Waals surface area (Å²) in [6.07, 6.45) is 6.97. The molecule has 2 fully saturated rings. The first-order valence-electron chi connectivity index (χ1n) is 8.75. The third-order valence-electron chi connectivity index (χ3n) is 5.00. The molecule has 1 aliphatic carbocycles. The molecule has 4 nitrogen and oxygen atoms in total. The first-order chi connectivity index (χ1) is 10.1. The third kappa shape index (κ3) is 3.98. The van der Waals surface area contributed by atoms with E-state index in [0.29, 0.717) is 18.6 Å². The fraction of sp³-hybridized carbons (Fsp3) is 0.941. The van der Waals surface area contributed by atoms with Crippen molar-refractivity contribution in [2.24, 2.45) is 5.92 Å². The molecule has 0 aromatic heterocycles. The van der Waals surface area contributed by atoms with Crippen LogP contribution in [0.1, 0.15) is 59.3 Å². The van der Waals surface area contributed by atoms with E-state index in [4.69, 9.17) is 4.74 Å². The molecule has 1 aliphatic heterocycles. The first-order valence-corrected chi connectivity index (χ1v) is 8.75. The number of rotatable bonds is 7. The van der Waals surface area contributed by atoms with Gasteiger partial charge in [0.2, 0.25) is 0 Å². The molecule has 1 saturated carbocycles. The minimum Gasteiger partial charge on any atom is -0.465 e. The molecular weight excluding hydrogens is 264 g/mol. The molecule has 2 rings (SSSR count). The van der Waals surface area contributed by atoms with Crippen LogP contribution in [0, 0.1) is 5.92 Å². The van der Waals surface area contributed by atoms with Gasteiger partial charge in [-0.2, -0.15) is 0 Å². The molecule has 4 heteroatoms. The van der Waals surface area contributed by atoms with Crippen LogP contribution >= 0.6 is 0 Å². The Labute approximate surface area is 129 Å². The summed E-state index contributed by atoms with van der Waals surface area (Å²) in [6, 6.07) is 0.307. The predicted octanol–water partition coefficient (Wildman–Crippen LogP) is 2.57. The highest BCUT2D eigenvalue weighted by Gasteiger charge is 2.50. The minimum atomic E-state index is -0.441. The van der Waals surface area contributed by atoms with Crippen LogP contribution in [0.25, 0.3) is 0 Å². The van der Waals surface area contributed by atoms with Gasteiger partial charge in [0, 0.05) is 6.04 Å². The summed E-state index contributed by atoms with van der Waals surface area (Å²) >= 11 is 0. The van der Waals surface area contributed by atoms with Gasteiger partial charge in [-0.1, -0.05) is 6.42 Å². The number of carbonyl (C=O) groups is 1. The molecule has 0 amide bonds. The monoisotopic (exact) mass is 296 g/mol. The Morgan fingerprint density at radius 1 is 1.33 bits per heavy atom. The van der Waals surface area contributed by atoms with Crippen molar-refractivity contribution in [3.05, 3.63) is 0 Å². The van der Waals surface area contributed by atoms with Gasteiger partial charge in [-0.25, -0.2) is 0 Å². The lowest BCUT2D eigenvalue weighted by atomic mass is 9.83. The van der Waals surface area contributed by atoms with Crippen molar-refractivity contribution < 1.29 is 9.53 Å². The smallest absolute Gasteiger partial charge is 0.326 e. The molecule has 0 bridgehead atoms. The molecule has 2 atom stereocenters. The Balaban J connectivity index is 2.02. The average Bonchev–Trinajstić information content (AvgIpc) is 3.06. The Kier molecular flexibility index (Phi) is 6.06.